The average molecular weight is 280 g/mol. The van der Waals surface area contributed by atoms with Crippen LogP contribution in [0.5, 0.6) is 5.88 Å². The van der Waals surface area contributed by atoms with Gasteiger partial charge < -0.3 is 21.5 Å². The van der Waals surface area contributed by atoms with Crippen LogP contribution in [0, 0.1) is 0 Å². The molecule has 1 unspecified atom stereocenters. The summed E-state index contributed by atoms with van der Waals surface area (Å²) in [4.78, 5) is 27.3. The van der Waals surface area contributed by atoms with Crippen molar-refractivity contribution in [3.05, 3.63) is 17.8 Å². The predicted octanol–water partition coefficient (Wildman–Crippen LogP) is 0.645. The number of nitrogens with two attached hydrogens (primary N) is 2. The van der Waals surface area contributed by atoms with Crippen LogP contribution in [0.25, 0.3) is 0 Å². The van der Waals surface area contributed by atoms with Crippen molar-refractivity contribution in [1.29, 1.82) is 0 Å². The number of methoxy groups -OCH3 is 1. The van der Waals surface area contributed by atoms with Crippen molar-refractivity contribution >= 4 is 17.5 Å². The topological polar surface area (TPSA) is 120 Å². The first-order valence-corrected chi connectivity index (χ1v) is 6.26. The van der Waals surface area contributed by atoms with Gasteiger partial charge >= 0.3 is 0 Å². The zero-order chi connectivity index (χ0) is 15.3. The van der Waals surface area contributed by atoms with Crippen LogP contribution in [0.4, 0.5) is 5.69 Å². The Morgan fingerprint density at radius 3 is 2.65 bits per heavy atom. The lowest BCUT2D eigenvalue weighted by atomic mass is 9.96. The number of carbonyl (C=O) groups excluding carboxylic acids is 2. The number of ether oxygens (including phenoxy) is 1. The molecule has 0 fully saturated rings. The van der Waals surface area contributed by atoms with Gasteiger partial charge in [0.05, 0.1) is 24.5 Å². The van der Waals surface area contributed by atoms with Gasteiger partial charge in [0, 0.05) is 0 Å². The van der Waals surface area contributed by atoms with Crippen molar-refractivity contribution in [2.75, 3.05) is 12.4 Å². The zero-order valence-corrected chi connectivity index (χ0v) is 11.9. The number of hydrogen-bond acceptors (Lipinski definition) is 5. The molecule has 0 saturated carbocycles. The maximum absolute atomic E-state index is 12.0. The summed E-state index contributed by atoms with van der Waals surface area (Å²) in [5.74, 6) is -0.921. The summed E-state index contributed by atoms with van der Waals surface area (Å²) in [5.41, 5.74) is 10.6. The molecular formula is C13H20N4O3. The monoisotopic (exact) mass is 280 g/mol. The summed E-state index contributed by atoms with van der Waals surface area (Å²) in [6.45, 7) is 3.59. The van der Waals surface area contributed by atoms with E-state index < -0.39 is 11.4 Å². The molecular weight excluding hydrogens is 260 g/mol. The molecule has 7 nitrogen and oxygen atoms in total. The van der Waals surface area contributed by atoms with Gasteiger partial charge in [0.1, 0.15) is 5.56 Å². The third-order valence-corrected chi connectivity index (χ3v) is 2.86. The molecule has 1 aromatic rings. The number of nitrogens with one attached hydrogen (secondary N) is 1. The molecule has 0 spiro atoms. The van der Waals surface area contributed by atoms with Gasteiger partial charge in [-0.15, -0.1) is 0 Å². The molecule has 7 heteroatoms. The summed E-state index contributed by atoms with van der Waals surface area (Å²) in [5, 5.41) is 2.62. The Kier molecular flexibility index (Phi) is 5.04. The maximum Gasteiger partial charge on any atom is 0.254 e. The summed E-state index contributed by atoms with van der Waals surface area (Å²) >= 11 is 0. The van der Waals surface area contributed by atoms with Crippen molar-refractivity contribution in [3.8, 4) is 5.88 Å². The molecule has 1 aromatic heterocycles. The first-order valence-electron chi connectivity index (χ1n) is 6.26. The van der Waals surface area contributed by atoms with E-state index in [1.165, 1.54) is 19.4 Å². The van der Waals surface area contributed by atoms with E-state index in [0.29, 0.717) is 12.1 Å². The van der Waals surface area contributed by atoms with E-state index in [4.69, 9.17) is 16.2 Å². The maximum atomic E-state index is 12.0. The van der Waals surface area contributed by atoms with E-state index in [9.17, 15) is 9.59 Å². The van der Waals surface area contributed by atoms with Crippen LogP contribution in [-0.4, -0.2) is 29.4 Å². The van der Waals surface area contributed by atoms with Crippen LogP contribution < -0.4 is 21.5 Å². The Morgan fingerprint density at radius 2 is 2.15 bits per heavy atom. The van der Waals surface area contributed by atoms with E-state index in [2.05, 4.69) is 10.3 Å². The van der Waals surface area contributed by atoms with E-state index >= 15 is 0 Å². The second kappa shape index (κ2) is 6.33. The predicted molar refractivity (Wildman–Crippen MR) is 75.4 cm³/mol. The first-order chi connectivity index (χ1) is 9.31. The molecule has 0 radical (unpaired) electrons. The molecule has 1 heterocycles. The molecule has 110 valence electrons. The number of amides is 2. The van der Waals surface area contributed by atoms with Gasteiger partial charge in [-0.2, -0.15) is 0 Å². The minimum absolute atomic E-state index is 0.0968. The molecule has 2 amide bonds. The highest BCUT2D eigenvalue weighted by molar-refractivity contribution is 6.00. The van der Waals surface area contributed by atoms with Crippen molar-refractivity contribution in [3.63, 3.8) is 0 Å². The fourth-order valence-electron chi connectivity index (χ4n) is 1.77. The Bertz CT molecular complexity index is 514. The van der Waals surface area contributed by atoms with Crippen LogP contribution in [0.3, 0.4) is 0 Å². The van der Waals surface area contributed by atoms with Crippen molar-refractivity contribution in [1.82, 2.24) is 4.98 Å². The third-order valence-electron chi connectivity index (χ3n) is 2.86. The molecule has 0 aliphatic heterocycles. The molecule has 0 aliphatic carbocycles. The Hall–Kier alpha value is -2.15. The minimum Gasteiger partial charge on any atom is -0.480 e. The number of pyridine rings is 1. The lowest BCUT2D eigenvalue weighted by Gasteiger charge is -2.22. The van der Waals surface area contributed by atoms with Gasteiger partial charge in [-0.3, -0.25) is 9.59 Å². The van der Waals surface area contributed by atoms with Crippen LogP contribution in [0.15, 0.2) is 12.3 Å². The van der Waals surface area contributed by atoms with Gasteiger partial charge in [-0.1, -0.05) is 13.3 Å². The fraction of sp³-hybridized carbons (Fsp3) is 0.462. The van der Waals surface area contributed by atoms with E-state index in [0.717, 1.165) is 6.42 Å². The van der Waals surface area contributed by atoms with Gasteiger partial charge in [0.2, 0.25) is 11.8 Å². The summed E-state index contributed by atoms with van der Waals surface area (Å²) in [7, 11) is 1.38. The number of rotatable bonds is 6. The Labute approximate surface area is 117 Å². The van der Waals surface area contributed by atoms with Crippen LogP contribution in [0.2, 0.25) is 0 Å². The van der Waals surface area contributed by atoms with Gasteiger partial charge in [-0.25, -0.2) is 4.98 Å². The van der Waals surface area contributed by atoms with E-state index in [1.54, 1.807) is 6.92 Å². The number of primary amides is 1. The summed E-state index contributed by atoms with van der Waals surface area (Å²) in [6.07, 6.45) is 2.71. The molecule has 5 N–H and O–H groups in total. The van der Waals surface area contributed by atoms with E-state index in [-0.39, 0.29) is 17.4 Å². The number of aromatic nitrogens is 1. The third kappa shape index (κ3) is 3.67. The number of hydrogen-bond donors (Lipinski definition) is 3. The van der Waals surface area contributed by atoms with Crippen LogP contribution >= 0.6 is 0 Å². The SMILES string of the molecule is CCCC(C)(N)C(=O)Nc1cnc(OC)c(C(N)=O)c1. The molecule has 0 bridgehead atoms. The number of carbonyl (C=O) groups is 2. The quantitative estimate of drug-likeness (QED) is 0.706. The van der Waals surface area contributed by atoms with Gasteiger partial charge in [0.25, 0.3) is 5.91 Å². The fourth-order valence-corrected chi connectivity index (χ4v) is 1.77. The van der Waals surface area contributed by atoms with Crippen LogP contribution in [-0.2, 0) is 4.79 Å². The highest BCUT2D eigenvalue weighted by Crippen LogP contribution is 2.20. The van der Waals surface area contributed by atoms with Crippen molar-refractivity contribution < 1.29 is 14.3 Å². The summed E-state index contributed by atoms with van der Waals surface area (Å²) in [6, 6.07) is 1.41. The van der Waals surface area contributed by atoms with Gasteiger partial charge in [0.15, 0.2) is 0 Å². The highest BCUT2D eigenvalue weighted by atomic mass is 16.5. The average Bonchev–Trinajstić information content (AvgIpc) is 2.38. The molecule has 1 atom stereocenters. The first kappa shape index (κ1) is 15.9. The second-order valence-corrected chi connectivity index (χ2v) is 4.77. The second-order valence-electron chi connectivity index (χ2n) is 4.77. The smallest absolute Gasteiger partial charge is 0.254 e. The lowest BCUT2D eigenvalue weighted by Crippen LogP contribution is -2.48. The Morgan fingerprint density at radius 1 is 1.50 bits per heavy atom. The van der Waals surface area contributed by atoms with Crippen molar-refractivity contribution in [2.45, 2.75) is 32.2 Å². The lowest BCUT2D eigenvalue weighted by molar-refractivity contribution is -0.120. The number of anilines is 1. The summed E-state index contributed by atoms with van der Waals surface area (Å²) < 4.78 is 4.92. The standard InChI is InChI=1S/C13H20N4O3/c1-4-5-13(2,15)12(19)17-8-6-9(10(14)18)11(20-3)16-7-8/h6-7H,4-5,15H2,1-3H3,(H2,14,18)(H,17,19). The number of nitrogens with zero attached hydrogens (tertiary/aromatic N) is 1. The molecule has 0 saturated heterocycles. The van der Waals surface area contributed by atoms with E-state index in [1.807, 2.05) is 6.92 Å². The minimum atomic E-state index is -0.985. The zero-order valence-electron chi connectivity index (χ0n) is 11.9. The normalized spacial score (nSPS) is 13.4. The van der Waals surface area contributed by atoms with Crippen LogP contribution in [0.1, 0.15) is 37.0 Å². The molecule has 0 aliphatic rings. The molecule has 0 aromatic carbocycles. The molecule has 1 rings (SSSR count). The van der Waals surface area contributed by atoms with Gasteiger partial charge in [-0.05, 0) is 19.4 Å². The largest absolute Gasteiger partial charge is 0.480 e. The Balaban J connectivity index is 2.96. The van der Waals surface area contributed by atoms with Crippen molar-refractivity contribution in [2.24, 2.45) is 11.5 Å². The highest BCUT2D eigenvalue weighted by Gasteiger charge is 2.27. The molecule has 20 heavy (non-hydrogen) atoms.